The third-order valence-corrected chi connectivity index (χ3v) is 16.8. The average molecular weight is 661 g/mol. The lowest BCUT2D eigenvalue weighted by Gasteiger charge is -2.37. The molecule has 248 valence electrons. The van der Waals surface area contributed by atoms with Crippen molar-refractivity contribution >= 4 is 75.7 Å². The van der Waals surface area contributed by atoms with Crippen LogP contribution in [0.2, 0.25) is 13.1 Å². The first-order valence-corrected chi connectivity index (χ1v) is 22.6. The van der Waals surface area contributed by atoms with Gasteiger partial charge in [0.25, 0.3) is 0 Å². The molecule has 0 atom stereocenters. The second-order valence-electron chi connectivity index (χ2n) is 16.4. The lowest BCUT2D eigenvalue weighted by Crippen LogP contribution is -2.61. The Morgan fingerprint density at radius 1 is 0.449 bits per heavy atom. The Morgan fingerprint density at radius 2 is 0.980 bits per heavy atom. The Balaban J connectivity index is 1.20. The van der Waals surface area contributed by atoms with E-state index >= 15 is 0 Å². The Morgan fingerprint density at radius 3 is 1.59 bits per heavy atom. The normalized spacial score (nSPS) is 21.4. The first-order chi connectivity index (χ1) is 24.1. The van der Waals surface area contributed by atoms with Gasteiger partial charge >= 0.3 is 14.0 Å². The molecule has 0 saturated carbocycles. The smallest absolute Gasteiger partial charge is 0.324 e. The van der Waals surface area contributed by atoms with Gasteiger partial charge in [0.15, 0.2) is 0 Å². The molecule has 5 aliphatic heterocycles. The lowest BCUT2D eigenvalue weighted by molar-refractivity contribution is 0.436. The van der Waals surface area contributed by atoms with Crippen LogP contribution in [0.15, 0.2) is 72.8 Å². The molecule has 49 heavy (non-hydrogen) atoms. The predicted octanol–water partition coefficient (Wildman–Crippen LogP) is 5.72. The van der Waals surface area contributed by atoms with Gasteiger partial charge in [0.1, 0.15) is 8.07 Å². The number of benzene rings is 5. The van der Waals surface area contributed by atoms with Gasteiger partial charge in [-0.15, -0.1) is 0 Å². The van der Waals surface area contributed by atoms with Crippen LogP contribution in [0.1, 0.15) is 51.4 Å². The topological polar surface area (TPSA) is 13.0 Å². The Hall–Kier alpha value is -2.93. The predicted molar refractivity (Wildman–Crippen MR) is 215 cm³/mol. The Bertz CT molecular complexity index is 2040. The first kappa shape index (κ1) is 30.9. The number of rotatable bonds is 6. The fourth-order valence-electron chi connectivity index (χ4n) is 10.9. The van der Waals surface area contributed by atoms with Gasteiger partial charge in [-0.25, -0.2) is 0 Å². The van der Waals surface area contributed by atoms with Crippen molar-refractivity contribution in [2.75, 3.05) is 52.4 Å². The molecule has 0 N–H and O–H groups in total. The van der Waals surface area contributed by atoms with E-state index in [-0.39, 0.29) is 0 Å². The Kier molecular flexibility index (Phi) is 7.62. The summed E-state index contributed by atoms with van der Waals surface area (Å²) >= 11 is 0. The summed E-state index contributed by atoms with van der Waals surface area (Å²) in [5.41, 5.74) is 6.01. The van der Waals surface area contributed by atoms with Gasteiger partial charge in [-0.05, 0) is 175 Å². The molecule has 5 aliphatic rings. The monoisotopic (exact) mass is 660 g/mol. The minimum atomic E-state index is -1.99. The average Bonchev–Trinajstić information content (AvgIpc) is 3.98. The van der Waals surface area contributed by atoms with E-state index in [1.54, 1.807) is 10.4 Å². The van der Waals surface area contributed by atoms with E-state index in [1.807, 2.05) is 0 Å². The minimum absolute atomic E-state index is 0.370. The quantitative estimate of drug-likeness (QED) is 0.171. The molecule has 0 spiro atoms. The molecule has 0 radical (unpaired) electrons. The third-order valence-electron chi connectivity index (χ3n) is 13.2. The minimum Gasteiger partial charge on any atom is -0.324 e. The van der Waals surface area contributed by atoms with E-state index in [9.17, 15) is 0 Å². The highest BCUT2D eigenvalue weighted by Gasteiger charge is 2.41. The molecule has 0 aliphatic carbocycles. The fourth-order valence-corrected chi connectivity index (χ4v) is 14.0. The van der Waals surface area contributed by atoms with Crippen LogP contribution in [-0.2, 0) is 0 Å². The molecule has 5 aromatic rings. The summed E-state index contributed by atoms with van der Waals surface area (Å²) in [4.78, 5) is 11.2. The van der Waals surface area contributed by atoms with Crippen LogP contribution in [0.3, 0.4) is 0 Å². The van der Waals surface area contributed by atoms with E-state index in [4.69, 9.17) is 0 Å². The van der Waals surface area contributed by atoms with Gasteiger partial charge in [-0.1, -0.05) is 79.8 Å². The maximum atomic E-state index is 2.80. The largest absolute Gasteiger partial charge is 0.346 e. The second-order valence-corrected chi connectivity index (χ2v) is 20.7. The standard InChI is InChI=1S/C42H50B2N4Si/c1-49(2)40-17-13-16-35-37-30-39(44(47-24-9-10-25-47)48-26-11-12-27-48)33-15-4-3-14-32(33)36(37)29-38(42(35)40)34-19-18-31(28-41(34)49)43(45-20-5-6-21-45)46-22-7-8-23-46/h3-4,13-19,28-30H,5-12,20-27H2,1-2H3. The van der Waals surface area contributed by atoms with Crippen molar-refractivity contribution < 1.29 is 0 Å². The molecular weight excluding hydrogens is 610 g/mol. The molecule has 0 aromatic heterocycles. The van der Waals surface area contributed by atoms with Crippen molar-refractivity contribution in [2.24, 2.45) is 0 Å². The lowest BCUT2D eigenvalue weighted by atomic mass is 9.62. The SMILES string of the molecule is C[Si]1(C)c2cc(B(N3CCCC3)N3CCCC3)ccc2-c2cc3c4ccccc4c(B(N4CCCC4)N4CCCC4)cc3c3cccc1c23. The van der Waals surface area contributed by atoms with Crippen molar-refractivity contribution in [1.29, 1.82) is 0 Å². The van der Waals surface area contributed by atoms with Gasteiger partial charge in [-0.3, -0.25) is 0 Å². The summed E-state index contributed by atoms with van der Waals surface area (Å²) in [6.07, 6.45) is 10.6. The zero-order valence-corrected chi connectivity index (χ0v) is 30.7. The van der Waals surface area contributed by atoms with Crippen molar-refractivity contribution in [2.45, 2.75) is 64.5 Å². The molecule has 0 amide bonds. The van der Waals surface area contributed by atoms with Crippen LogP contribution in [0, 0.1) is 0 Å². The van der Waals surface area contributed by atoms with Crippen molar-refractivity contribution in [3.8, 4) is 11.1 Å². The van der Waals surface area contributed by atoms with E-state index in [0.29, 0.717) is 14.0 Å². The van der Waals surface area contributed by atoms with Crippen molar-refractivity contribution in [1.82, 2.24) is 19.2 Å². The highest BCUT2D eigenvalue weighted by molar-refractivity contribution is 7.03. The second kappa shape index (κ2) is 12.1. The van der Waals surface area contributed by atoms with Crippen LogP contribution in [0.25, 0.3) is 43.4 Å². The zero-order chi connectivity index (χ0) is 32.7. The fraction of sp³-hybridized carbons (Fsp3) is 0.429. The number of hydrogen-bond donors (Lipinski definition) is 0. The molecule has 10 rings (SSSR count). The summed E-state index contributed by atoms with van der Waals surface area (Å²) in [6.45, 7) is 15.8. The van der Waals surface area contributed by atoms with Crippen LogP contribution in [0.4, 0.5) is 0 Å². The molecule has 0 bridgehead atoms. The molecule has 5 heterocycles. The highest BCUT2D eigenvalue weighted by Crippen LogP contribution is 2.40. The third kappa shape index (κ3) is 4.87. The summed E-state index contributed by atoms with van der Waals surface area (Å²) in [7, 11) is -1.99. The summed E-state index contributed by atoms with van der Waals surface area (Å²) in [5, 5.41) is 12.0. The van der Waals surface area contributed by atoms with Crippen LogP contribution in [0.5, 0.6) is 0 Å². The van der Waals surface area contributed by atoms with Crippen LogP contribution >= 0.6 is 0 Å². The molecule has 4 saturated heterocycles. The number of fused-ring (bicyclic) bond motifs is 6. The summed E-state index contributed by atoms with van der Waals surface area (Å²) in [5.74, 6) is 0. The summed E-state index contributed by atoms with van der Waals surface area (Å²) < 4.78 is 0. The van der Waals surface area contributed by atoms with Gasteiger partial charge < -0.3 is 19.2 Å². The maximum absolute atomic E-state index is 2.80. The van der Waals surface area contributed by atoms with E-state index in [1.165, 1.54) is 158 Å². The molecule has 4 nitrogen and oxygen atoms in total. The van der Waals surface area contributed by atoms with E-state index in [0.717, 1.165) is 0 Å². The molecule has 5 aromatic carbocycles. The van der Waals surface area contributed by atoms with Crippen molar-refractivity contribution in [3.63, 3.8) is 0 Å². The summed E-state index contributed by atoms with van der Waals surface area (Å²) in [6, 6.07) is 29.7. The van der Waals surface area contributed by atoms with E-state index in [2.05, 4.69) is 105 Å². The van der Waals surface area contributed by atoms with Crippen LogP contribution < -0.4 is 21.3 Å². The molecule has 0 unspecified atom stereocenters. The number of hydrogen-bond acceptors (Lipinski definition) is 4. The van der Waals surface area contributed by atoms with E-state index < -0.39 is 8.07 Å². The highest BCUT2D eigenvalue weighted by atomic mass is 28.3. The molecular formula is C42H50B2N4Si. The van der Waals surface area contributed by atoms with Gasteiger partial charge in [0.2, 0.25) is 0 Å². The zero-order valence-electron chi connectivity index (χ0n) is 29.7. The van der Waals surface area contributed by atoms with Gasteiger partial charge in [0.05, 0.1) is 0 Å². The molecule has 4 fully saturated rings. The first-order valence-electron chi connectivity index (χ1n) is 19.6. The van der Waals surface area contributed by atoms with Gasteiger partial charge in [-0.2, -0.15) is 0 Å². The Labute approximate surface area is 294 Å². The maximum Gasteiger partial charge on any atom is 0.346 e. The van der Waals surface area contributed by atoms with Crippen molar-refractivity contribution in [3.05, 3.63) is 72.8 Å². The molecule has 7 heteroatoms. The number of nitrogens with zero attached hydrogens (tertiary/aromatic N) is 4. The van der Waals surface area contributed by atoms with Crippen LogP contribution in [-0.4, -0.2) is 93.6 Å². The van der Waals surface area contributed by atoms with Gasteiger partial charge in [0, 0.05) is 0 Å².